The van der Waals surface area contributed by atoms with Crippen molar-refractivity contribution in [3.05, 3.63) is 29.3 Å². The van der Waals surface area contributed by atoms with Crippen LogP contribution in [-0.4, -0.2) is 31.1 Å². The van der Waals surface area contributed by atoms with Crippen LogP contribution in [0.5, 0.6) is 5.75 Å². The van der Waals surface area contributed by atoms with Crippen LogP contribution in [0.15, 0.2) is 23.2 Å². The summed E-state index contributed by atoms with van der Waals surface area (Å²) in [5.74, 6) is 2.27. The average molecular weight is 403 g/mol. The zero-order valence-electron chi connectivity index (χ0n) is 13.1. The van der Waals surface area contributed by atoms with Gasteiger partial charge in [0.05, 0.1) is 13.7 Å². The van der Waals surface area contributed by atoms with Crippen LogP contribution in [-0.2, 0) is 6.54 Å². The highest BCUT2D eigenvalue weighted by Gasteiger charge is 2.17. The summed E-state index contributed by atoms with van der Waals surface area (Å²) in [6.45, 7) is 6.95. The maximum absolute atomic E-state index is 6.10. The van der Waals surface area contributed by atoms with E-state index in [9.17, 15) is 0 Å². The van der Waals surface area contributed by atoms with Crippen LogP contribution in [0.1, 0.15) is 30.9 Å². The lowest BCUT2D eigenvalue weighted by Gasteiger charge is -2.31. The van der Waals surface area contributed by atoms with Crippen LogP contribution < -0.4 is 10.5 Å². The van der Waals surface area contributed by atoms with E-state index in [1.165, 1.54) is 12.8 Å². The average Bonchev–Trinajstić information content (AvgIpc) is 2.46. The molecular weight excluding hydrogens is 377 g/mol. The number of aryl methyl sites for hydroxylation is 1. The summed E-state index contributed by atoms with van der Waals surface area (Å²) in [6, 6.07) is 6.17. The SMILES string of the molecule is COc1cc(CN=C(N)N2CCCC(C)C2)ccc1C.I. The predicted molar refractivity (Wildman–Crippen MR) is 98.4 cm³/mol. The number of hydrogen-bond donors (Lipinski definition) is 1. The first-order valence-electron chi connectivity index (χ1n) is 7.28. The lowest BCUT2D eigenvalue weighted by Crippen LogP contribution is -2.43. The second-order valence-corrected chi connectivity index (χ2v) is 5.67. The molecule has 1 unspecified atom stereocenters. The zero-order valence-corrected chi connectivity index (χ0v) is 15.5. The van der Waals surface area contributed by atoms with Crippen molar-refractivity contribution in [1.29, 1.82) is 0 Å². The number of halogens is 1. The highest BCUT2D eigenvalue weighted by atomic mass is 127. The Hall–Kier alpha value is -0.980. The van der Waals surface area contributed by atoms with E-state index < -0.39 is 0 Å². The quantitative estimate of drug-likeness (QED) is 0.479. The molecular formula is C16H26IN3O. The molecule has 1 fully saturated rings. The molecule has 1 aromatic rings. The zero-order chi connectivity index (χ0) is 14.5. The van der Waals surface area contributed by atoms with Gasteiger partial charge in [0.1, 0.15) is 5.75 Å². The summed E-state index contributed by atoms with van der Waals surface area (Å²) >= 11 is 0. The van der Waals surface area contributed by atoms with Crippen LogP contribution in [0.3, 0.4) is 0 Å². The molecule has 2 N–H and O–H groups in total. The van der Waals surface area contributed by atoms with Crippen molar-refractivity contribution in [3.63, 3.8) is 0 Å². The molecule has 0 aromatic heterocycles. The van der Waals surface area contributed by atoms with Crippen molar-refractivity contribution >= 4 is 29.9 Å². The molecule has 5 heteroatoms. The minimum atomic E-state index is 0. The summed E-state index contributed by atoms with van der Waals surface area (Å²) < 4.78 is 5.33. The van der Waals surface area contributed by atoms with Gasteiger partial charge in [0.25, 0.3) is 0 Å². The Labute approximate surface area is 144 Å². The van der Waals surface area contributed by atoms with Gasteiger partial charge in [-0.25, -0.2) is 4.99 Å². The van der Waals surface area contributed by atoms with E-state index in [4.69, 9.17) is 10.5 Å². The normalized spacial score (nSPS) is 19.1. The molecule has 4 nitrogen and oxygen atoms in total. The molecule has 0 spiro atoms. The first kappa shape index (κ1) is 18.1. The topological polar surface area (TPSA) is 50.9 Å². The predicted octanol–water partition coefficient (Wildman–Crippen LogP) is 3.17. The van der Waals surface area contributed by atoms with E-state index in [1.54, 1.807) is 7.11 Å². The van der Waals surface area contributed by atoms with Crippen LogP contribution in [0.25, 0.3) is 0 Å². The number of nitrogens with two attached hydrogens (primary N) is 1. The van der Waals surface area contributed by atoms with Crippen LogP contribution in [0.4, 0.5) is 0 Å². The van der Waals surface area contributed by atoms with E-state index >= 15 is 0 Å². The smallest absolute Gasteiger partial charge is 0.191 e. The lowest BCUT2D eigenvalue weighted by atomic mass is 10.0. The number of aliphatic imine (C=N–C) groups is 1. The fraction of sp³-hybridized carbons (Fsp3) is 0.562. The third-order valence-electron chi connectivity index (χ3n) is 3.88. The van der Waals surface area contributed by atoms with E-state index in [2.05, 4.69) is 28.9 Å². The van der Waals surface area contributed by atoms with Gasteiger partial charge in [-0.3, -0.25) is 0 Å². The van der Waals surface area contributed by atoms with Crippen molar-refractivity contribution in [1.82, 2.24) is 4.90 Å². The summed E-state index contributed by atoms with van der Waals surface area (Å²) in [5, 5.41) is 0. The van der Waals surface area contributed by atoms with Crippen LogP contribution in [0.2, 0.25) is 0 Å². The van der Waals surface area contributed by atoms with Gasteiger partial charge in [0.2, 0.25) is 0 Å². The van der Waals surface area contributed by atoms with E-state index in [0.717, 1.165) is 30.0 Å². The standard InChI is InChI=1S/C16H25N3O.HI/c1-12-5-4-8-19(11-12)16(17)18-10-14-7-6-13(2)15(9-14)20-3;/h6-7,9,12H,4-5,8,10-11H2,1-3H3,(H2,17,18);1H. The van der Waals surface area contributed by atoms with Crippen LogP contribution >= 0.6 is 24.0 Å². The monoisotopic (exact) mass is 403 g/mol. The molecule has 0 amide bonds. The number of nitrogens with zero attached hydrogens (tertiary/aromatic N) is 2. The number of methoxy groups -OCH3 is 1. The molecule has 0 radical (unpaired) electrons. The molecule has 0 aliphatic carbocycles. The summed E-state index contributed by atoms with van der Waals surface area (Å²) in [5.41, 5.74) is 8.37. The number of likely N-dealkylation sites (tertiary alicyclic amines) is 1. The van der Waals surface area contributed by atoms with Gasteiger partial charge in [-0.05, 0) is 42.9 Å². The molecule has 0 bridgehead atoms. The summed E-state index contributed by atoms with van der Waals surface area (Å²) in [6.07, 6.45) is 2.49. The first-order chi connectivity index (χ1) is 9.60. The minimum Gasteiger partial charge on any atom is -0.496 e. The molecule has 2 rings (SSSR count). The Morgan fingerprint density at radius 1 is 1.48 bits per heavy atom. The number of guanidine groups is 1. The highest BCUT2D eigenvalue weighted by Crippen LogP contribution is 2.20. The van der Waals surface area contributed by atoms with Crippen molar-refractivity contribution in [3.8, 4) is 5.75 Å². The number of ether oxygens (including phenoxy) is 1. The molecule has 1 aromatic carbocycles. The molecule has 118 valence electrons. The van der Waals surface area contributed by atoms with Gasteiger partial charge in [0, 0.05) is 13.1 Å². The maximum Gasteiger partial charge on any atom is 0.191 e. The molecule has 21 heavy (non-hydrogen) atoms. The lowest BCUT2D eigenvalue weighted by molar-refractivity contribution is 0.270. The molecule has 1 saturated heterocycles. The van der Waals surface area contributed by atoms with E-state index in [-0.39, 0.29) is 24.0 Å². The summed E-state index contributed by atoms with van der Waals surface area (Å²) in [7, 11) is 1.69. The third kappa shape index (κ3) is 5.05. The van der Waals surface area contributed by atoms with Crippen molar-refractivity contribution in [2.75, 3.05) is 20.2 Å². The third-order valence-corrected chi connectivity index (χ3v) is 3.88. The number of benzene rings is 1. The van der Waals surface area contributed by atoms with Crippen LogP contribution in [0, 0.1) is 12.8 Å². The number of hydrogen-bond acceptors (Lipinski definition) is 2. The fourth-order valence-electron chi connectivity index (χ4n) is 2.63. The van der Waals surface area contributed by atoms with Gasteiger partial charge < -0.3 is 15.4 Å². The van der Waals surface area contributed by atoms with Gasteiger partial charge >= 0.3 is 0 Å². The Bertz CT molecular complexity index is 490. The van der Waals surface area contributed by atoms with Gasteiger partial charge in [-0.1, -0.05) is 19.1 Å². The van der Waals surface area contributed by atoms with E-state index in [0.29, 0.717) is 18.4 Å². The molecule has 0 saturated carbocycles. The minimum absolute atomic E-state index is 0. The molecule has 1 atom stereocenters. The number of rotatable bonds is 3. The Morgan fingerprint density at radius 2 is 2.24 bits per heavy atom. The Balaban J connectivity index is 0.00000220. The largest absolute Gasteiger partial charge is 0.496 e. The first-order valence-corrected chi connectivity index (χ1v) is 7.28. The second kappa shape index (κ2) is 8.46. The Kier molecular flexibility index (Phi) is 7.28. The molecule has 1 aliphatic heterocycles. The van der Waals surface area contributed by atoms with E-state index in [1.807, 2.05) is 13.0 Å². The van der Waals surface area contributed by atoms with Gasteiger partial charge in [0.15, 0.2) is 5.96 Å². The molecule has 1 aliphatic rings. The summed E-state index contributed by atoms with van der Waals surface area (Å²) in [4.78, 5) is 6.72. The van der Waals surface area contributed by atoms with Gasteiger partial charge in [-0.15, -0.1) is 24.0 Å². The molecule has 1 heterocycles. The number of piperidine rings is 1. The fourth-order valence-corrected chi connectivity index (χ4v) is 2.63. The van der Waals surface area contributed by atoms with Crippen molar-refractivity contribution in [2.45, 2.75) is 33.2 Å². The van der Waals surface area contributed by atoms with Crippen molar-refractivity contribution < 1.29 is 4.74 Å². The maximum atomic E-state index is 6.10. The Morgan fingerprint density at radius 3 is 2.90 bits per heavy atom. The highest BCUT2D eigenvalue weighted by molar-refractivity contribution is 14.0. The second-order valence-electron chi connectivity index (χ2n) is 5.67. The van der Waals surface area contributed by atoms with Gasteiger partial charge in [-0.2, -0.15) is 0 Å². The van der Waals surface area contributed by atoms with Crippen molar-refractivity contribution in [2.24, 2.45) is 16.6 Å².